The molecular weight excluding hydrogens is 380 g/mol. The molecule has 0 bridgehead atoms. The maximum atomic E-state index is 12.9. The molecule has 2 amide bonds. The molecule has 0 aromatic carbocycles. The minimum Gasteiger partial charge on any atom is -0.352 e. The molecule has 4 heterocycles. The van der Waals surface area contributed by atoms with E-state index in [2.05, 4.69) is 25.2 Å². The van der Waals surface area contributed by atoms with Crippen molar-refractivity contribution in [2.75, 3.05) is 29.9 Å². The van der Waals surface area contributed by atoms with Crippen molar-refractivity contribution in [3.05, 3.63) is 42.6 Å². The maximum Gasteiger partial charge on any atom is 0.272 e. The van der Waals surface area contributed by atoms with Crippen LogP contribution in [0.3, 0.4) is 0 Å². The van der Waals surface area contributed by atoms with Crippen LogP contribution in [0, 0.1) is 11.8 Å². The number of hydrogen-bond acceptors (Lipinski definition) is 6. The first-order valence-electron chi connectivity index (χ1n) is 10.6. The third-order valence-corrected chi connectivity index (χ3v) is 5.95. The first-order valence-corrected chi connectivity index (χ1v) is 10.6. The summed E-state index contributed by atoms with van der Waals surface area (Å²) in [5.41, 5.74) is 1.15. The van der Waals surface area contributed by atoms with E-state index in [0.717, 1.165) is 38.2 Å². The van der Waals surface area contributed by atoms with E-state index in [0.29, 0.717) is 23.8 Å². The Hall–Kier alpha value is -3.03. The van der Waals surface area contributed by atoms with Gasteiger partial charge in [-0.2, -0.15) is 0 Å². The summed E-state index contributed by atoms with van der Waals surface area (Å²) in [6.45, 7) is 6.06. The van der Waals surface area contributed by atoms with Gasteiger partial charge in [-0.1, -0.05) is 20.3 Å². The number of hydrogen-bond donors (Lipinski definition) is 1. The van der Waals surface area contributed by atoms with Gasteiger partial charge in [-0.05, 0) is 37.0 Å². The summed E-state index contributed by atoms with van der Waals surface area (Å²) in [6.07, 6.45) is 8.10. The quantitative estimate of drug-likeness (QED) is 0.836. The van der Waals surface area contributed by atoms with Gasteiger partial charge < -0.3 is 15.1 Å². The maximum absolute atomic E-state index is 12.9. The van der Waals surface area contributed by atoms with Gasteiger partial charge in [0.05, 0.1) is 17.9 Å². The van der Waals surface area contributed by atoms with Crippen molar-refractivity contribution in [1.29, 1.82) is 0 Å². The van der Waals surface area contributed by atoms with Crippen molar-refractivity contribution in [3.63, 3.8) is 0 Å². The topological polar surface area (TPSA) is 91.3 Å². The normalized spacial score (nSPS) is 21.3. The summed E-state index contributed by atoms with van der Waals surface area (Å²) in [5, 5.41) is 2.89. The Kier molecular flexibility index (Phi) is 5.92. The molecule has 4 rings (SSSR count). The fourth-order valence-corrected chi connectivity index (χ4v) is 4.29. The Morgan fingerprint density at radius 1 is 1.13 bits per heavy atom. The monoisotopic (exact) mass is 408 g/mol. The van der Waals surface area contributed by atoms with Crippen LogP contribution in [0.5, 0.6) is 0 Å². The van der Waals surface area contributed by atoms with E-state index in [1.165, 1.54) is 6.33 Å². The Morgan fingerprint density at radius 3 is 2.70 bits per heavy atom. The predicted molar refractivity (Wildman–Crippen MR) is 114 cm³/mol. The Morgan fingerprint density at radius 2 is 2.00 bits per heavy atom. The zero-order valence-electron chi connectivity index (χ0n) is 17.5. The highest BCUT2D eigenvalue weighted by Gasteiger charge is 2.40. The number of nitrogens with one attached hydrogen (secondary N) is 1. The van der Waals surface area contributed by atoms with Gasteiger partial charge in [-0.15, -0.1) is 0 Å². The molecule has 2 aromatic rings. The summed E-state index contributed by atoms with van der Waals surface area (Å²) < 4.78 is 0. The van der Waals surface area contributed by atoms with Crippen LogP contribution in [0.1, 0.15) is 43.6 Å². The molecule has 0 unspecified atom stereocenters. The van der Waals surface area contributed by atoms with Crippen molar-refractivity contribution < 1.29 is 9.59 Å². The SMILES string of the molecule is CC(C)C(=O)Nc1ccc(N2CCCC[C@@H]3CN(C(=O)c4ccncn4)C[C@@H]32)nc1. The van der Waals surface area contributed by atoms with Crippen LogP contribution in [0.25, 0.3) is 0 Å². The third kappa shape index (κ3) is 4.27. The van der Waals surface area contributed by atoms with E-state index in [4.69, 9.17) is 0 Å². The first kappa shape index (κ1) is 20.3. The molecule has 8 nitrogen and oxygen atoms in total. The first-order chi connectivity index (χ1) is 14.5. The zero-order valence-corrected chi connectivity index (χ0v) is 17.5. The second-order valence-electron chi connectivity index (χ2n) is 8.37. The van der Waals surface area contributed by atoms with E-state index in [9.17, 15) is 9.59 Å². The van der Waals surface area contributed by atoms with Gasteiger partial charge in [-0.25, -0.2) is 15.0 Å². The minimum atomic E-state index is -0.0760. The number of likely N-dealkylation sites (tertiary alicyclic amines) is 1. The Balaban J connectivity index is 1.49. The molecule has 2 aliphatic rings. The van der Waals surface area contributed by atoms with Crippen molar-refractivity contribution in [3.8, 4) is 0 Å². The lowest BCUT2D eigenvalue weighted by Gasteiger charge is -2.31. The number of amides is 2. The van der Waals surface area contributed by atoms with Crippen LogP contribution in [-0.4, -0.2) is 57.3 Å². The van der Waals surface area contributed by atoms with Gasteiger partial charge in [0, 0.05) is 31.7 Å². The molecule has 2 fully saturated rings. The molecule has 1 N–H and O–H groups in total. The fourth-order valence-electron chi connectivity index (χ4n) is 4.29. The van der Waals surface area contributed by atoms with Crippen LogP contribution in [0.4, 0.5) is 11.5 Å². The van der Waals surface area contributed by atoms with Crippen LogP contribution in [-0.2, 0) is 4.79 Å². The molecule has 2 aliphatic heterocycles. The van der Waals surface area contributed by atoms with Crippen molar-refractivity contribution >= 4 is 23.3 Å². The number of anilines is 2. The van der Waals surface area contributed by atoms with Crippen LogP contribution in [0.2, 0.25) is 0 Å². The molecule has 2 atom stereocenters. The molecule has 0 spiro atoms. The van der Waals surface area contributed by atoms with Crippen molar-refractivity contribution in [1.82, 2.24) is 19.9 Å². The van der Waals surface area contributed by atoms with E-state index in [-0.39, 0.29) is 23.8 Å². The van der Waals surface area contributed by atoms with Crippen LogP contribution in [0.15, 0.2) is 36.9 Å². The average Bonchev–Trinajstić information content (AvgIpc) is 3.08. The number of nitrogens with zero attached hydrogens (tertiary/aromatic N) is 5. The van der Waals surface area contributed by atoms with Gasteiger partial charge in [0.2, 0.25) is 5.91 Å². The van der Waals surface area contributed by atoms with Crippen molar-refractivity contribution in [2.24, 2.45) is 11.8 Å². The van der Waals surface area contributed by atoms with Crippen LogP contribution >= 0.6 is 0 Å². The molecular formula is C22H28N6O2. The van der Waals surface area contributed by atoms with Crippen molar-refractivity contribution in [2.45, 2.75) is 39.2 Å². The van der Waals surface area contributed by atoms with Gasteiger partial charge >= 0.3 is 0 Å². The summed E-state index contributed by atoms with van der Waals surface area (Å²) in [7, 11) is 0. The predicted octanol–water partition coefficient (Wildman–Crippen LogP) is 2.60. The highest BCUT2D eigenvalue weighted by atomic mass is 16.2. The molecule has 8 heteroatoms. The Labute approximate surface area is 176 Å². The number of rotatable bonds is 4. The molecule has 2 aromatic heterocycles. The third-order valence-electron chi connectivity index (χ3n) is 5.95. The molecule has 0 aliphatic carbocycles. The van der Waals surface area contributed by atoms with Gasteiger partial charge in [0.25, 0.3) is 5.91 Å². The molecule has 0 radical (unpaired) electrons. The van der Waals surface area contributed by atoms with E-state index in [1.807, 2.05) is 30.9 Å². The lowest BCUT2D eigenvalue weighted by molar-refractivity contribution is -0.118. The summed E-state index contributed by atoms with van der Waals surface area (Å²) >= 11 is 0. The highest BCUT2D eigenvalue weighted by Crippen LogP contribution is 2.33. The second-order valence-corrected chi connectivity index (χ2v) is 8.37. The van der Waals surface area contributed by atoms with Crippen LogP contribution < -0.4 is 10.2 Å². The zero-order chi connectivity index (χ0) is 21.1. The lowest BCUT2D eigenvalue weighted by atomic mass is 9.98. The summed E-state index contributed by atoms with van der Waals surface area (Å²) in [6, 6.07) is 5.77. The van der Waals surface area contributed by atoms with Gasteiger partial charge in [0.15, 0.2) is 0 Å². The molecule has 2 saturated heterocycles. The van der Waals surface area contributed by atoms with Gasteiger partial charge in [0.1, 0.15) is 17.8 Å². The number of aromatic nitrogens is 3. The lowest BCUT2D eigenvalue weighted by Crippen LogP contribution is -2.41. The number of pyridine rings is 1. The van der Waals surface area contributed by atoms with E-state index < -0.39 is 0 Å². The standard InChI is InChI=1S/C22H28N6O2/c1-15(2)21(29)26-17-6-7-20(24-11-17)28-10-4-3-5-16-12-27(13-19(16)28)22(30)18-8-9-23-14-25-18/h6-9,11,14-16,19H,3-5,10,12-13H2,1-2H3,(H,26,29)/t16-,19+/m1/s1. The Bertz CT molecular complexity index is 886. The largest absolute Gasteiger partial charge is 0.352 e. The summed E-state index contributed by atoms with van der Waals surface area (Å²) in [5.74, 6) is 1.18. The molecule has 30 heavy (non-hydrogen) atoms. The smallest absolute Gasteiger partial charge is 0.272 e. The molecule has 0 saturated carbocycles. The van der Waals surface area contributed by atoms with E-state index in [1.54, 1.807) is 18.5 Å². The number of carbonyl (C=O) groups is 2. The summed E-state index contributed by atoms with van der Waals surface area (Å²) in [4.78, 5) is 41.7. The number of fused-ring (bicyclic) bond motifs is 1. The fraction of sp³-hybridized carbons (Fsp3) is 0.500. The van der Waals surface area contributed by atoms with E-state index >= 15 is 0 Å². The molecule has 158 valence electrons. The average molecular weight is 409 g/mol. The second kappa shape index (κ2) is 8.77. The number of carbonyl (C=O) groups excluding carboxylic acids is 2. The van der Waals surface area contributed by atoms with Gasteiger partial charge in [-0.3, -0.25) is 9.59 Å². The highest BCUT2D eigenvalue weighted by molar-refractivity contribution is 5.92. The minimum absolute atomic E-state index is 0.0194.